The minimum Gasteiger partial charge on any atom is -0.399 e. The van der Waals surface area contributed by atoms with Gasteiger partial charge >= 0.3 is 0 Å². The summed E-state index contributed by atoms with van der Waals surface area (Å²) in [5.74, 6) is -0.158. The van der Waals surface area contributed by atoms with Gasteiger partial charge in [-0.25, -0.2) is 13.4 Å². The third-order valence-electron chi connectivity index (χ3n) is 5.05. The van der Waals surface area contributed by atoms with Gasteiger partial charge in [0, 0.05) is 24.7 Å². The Kier molecular flexibility index (Phi) is 5.48. The van der Waals surface area contributed by atoms with Crippen LogP contribution in [-0.4, -0.2) is 25.0 Å². The summed E-state index contributed by atoms with van der Waals surface area (Å²) < 4.78 is 27.6. The zero-order valence-electron chi connectivity index (χ0n) is 16.9. The van der Waals surface area contributed by atoms with E-state index in [2.05, 4.69) is 9.82 Å². The van der Waals surface area contributed by atoms with Crippen LogP contribution in [0.2, 0.25) is 0 Å². The molecule has 0 aromatic heterocycles. The van der Waals surface area contributed by atoms with Crippen LogP contribution in [0, 0.1) is 0 Å². The number of amides is 1. The number of nitrogen functional groups attached to an aromatic ring is 1. The van der Waals surface area contributed by atoms with Gasteiger partial charge in [0.15, 0.2) is 0 Å². The number of nitrogens with zero attached hydrogens (tertiary/aromatic N) is 2. The van der Waals surface area contributed by atoms with Gasteiger partial charge in [-0.05, 0) is 47.5 Å². The van der Waals surface area contributed by atoms with Crippen LogP contribution in [0.25, 0.3) is 0 Å². The lowest BCUT2D eigenvalue weighted by Gasteiger charge is -2.20. The van der Waals surface area contributed by atoms with E-state index in [9.17, 15) is 13.2 Å². The Bertz CT molecular complexity index is 1240. The molecule has 7 nitrogen and oxygen atoms in total. The molecule has 3 aromatic rings. The molecule has 1 heterocycles. The highest BCUT2D eigenvalue weighted by Crippen LogP contribution is 2.33. The molecule has 1 atom stereocenters. The number of nitrogens with two attached hydrogens (primary N) is 1. The summed E-state index contributed by atoms with van der Waals surface area (Å²) in [6.45, 7) is 1.48. The van der Waals surface area contributed by atoms with Crippen LogP contribution in [-0.2, 0) is 14.8 Å². The van der Waals surface area contributed by atoms with E-state index in [0.717, 1.165) is 16.8 Å². The van der Waals surface area contributed by atoms with Crippen LogP contribution >= 0.6 is 0 Å². The normalized spacial score (nSPS) is 16.1. The molecule has 1 aliphatic rings. The number of hydrazone groups is 1. The Morgan fingerprint density at radius 3 is 2.39 bits per heavy atom. The van der Waals surface area contributed by atoms with Gasteiger partial charge in [0.1, 0.15) is 0 Å². The van der Waals surface area contributed by atoms with Crippen molar-refractivity contribution in [2.45, 2.75) is 24.3 Å². The van der Waals surface area contributed by atoms with Crippen LogP contribution in [0.5, 0.6) is 0 Å². The summed E-state index contributed by atoms with van der Waals surface area (Å²) in [7, 11) is -3.66. The van der Waals surface area contributed by atoms with E-state index in [0.29, 0.717) is 17.8 Å². The molecule has 0 bridgehead atoms. The van der Waals surface area contributed by atoms with Gasteiger partial charge in [-0.2, -0.15) is 5.10 Å². The first-order valence-corrected chi connectivity index (χ1v) is 11.2. The van der Waals surface area contributed by atoms with Gasteiger partial charge in [0.05, 0.1) is 16.6 Å². The molecule has 31 heavy (non-hydrogen) atoms. The molecule has 0 fully saturated rings. The second-order valence-electron chi connectivity index (χ2n) is 7.30. The van der Waals surface area contributed by atoms with Crippen LogP contribution in [0.4, 0.5) is 11.4 Å². The Morgan fingerprint density at radius 2 is 1.74 bits per heavy atom. The number of hydrogen-bond donors (Lipinski definition) is 2. The molecular formula is C23H22N4O3S. The standard InChI is InChI=1S/C23H22N4O3S/c1-16(28)27-23(18-6-5-7-19(24)14-18)15-22(25-27)17-10-12-20(13-11-17)26-31(29,30)21-8-3-2-4-9-21/h2-14,23,26H,15,24H2,1H3. The molecule has 158 valence electrons. The first kappa shape index (κ1) is 20.6. The van der Waals surface area contributed by atoms with Crippen LogP contribution < -0.4 is 10.5 Å². The Hall–Kier alpha value is -3.65. The maximum absolute atomic E-state index is 12.5. The Balaban J connectivity index is 1.55. The average molecular weight is 435 g/mol. The first-order valence-electron chi connectivity index (χ1n) is 9.74. The topological polar surface area (TPSA) is 105 Å². The molecule has 0 saturated carbocycles. The lowest BCUT2D eigenvalue weighted by atomic mass is 9.98. The fourth-order valence-electron chi connectivity index (χ4n) is 3.55. The number of carbonyl (C=O) groups excluding carboxylic acids is 1. The molecule has 8 heteroatoms. The van der Waals surface area contributed by atoms with Crippen molar-refractivity contribution in [2.24, 2.45) is 5.10 Å². The zero-order chi connectivity index (χ0) is 22.0. The molecule has 4 rings (SSSR count). The van der Waals surface area contributed by atoms with Gasteiger partial charge in [0.25, 0.3) is 10.0 Å². The second-order valence-corrected chi connectivity index (χ2v) is 8.98. The van der Waals surface area contributed by atoms with Crippen molar-refractivity contribution in [1.82, 2.24) is 5.01 Å². The number of carbonyl (C=O) groups is 1. The molecule has 1 unspecified atom stereocenters. The number of hydrogen-bond acceptors (Lipinski definition) is 5. The van der Waals surface area contributed by atoms with Crippen molar-refractivity contribution in [1.29, 1.82) is 0 Å². The second kappa shape index (κ2) is 8.23. The van der Waals surface area contributed by atoms with Gasteiger partial charge in [-0.15, -0.1) is 0 Å². The first-order chi connectivity index (χ1) is 14.8. The number of rotatable bonds is 5. The van der Waals surface area contributed by atoms with E-state index in [1.54, 1.807) is 48.5 Å². The van der Waals surface area contributed by atoms with Crippen molar-refractivity contribution in [3.8, 4) is 0 Å². The van der Waals surface area contributed by atoms with Crippen LogP contribution in [0.1, 0.15) is 30.5 Å². The smallest absolute Gasteiger partial charge is 0.261 e. The average Bonchev–Trinajstić information content (AvgIpc) is 3.21. The third kappa shape index (κ3) is 4.44. The summed E-state index contributed by atoms with van der Waals surface area (Å²) in [5, 5.41) is 5.99. The Morgan fingerprint density at radius 1 is 1.03 bits per heavy atom. The summed E-state index contributed by atoms with van der Waals surface area (Å²) >= 11 is 0. The monoisotopic (exact) mass is 434 g/mol. The number of nitrogens with one attached hydrogen (secondary N) is 1. The zero-order valence-corrected chi connectivity index (χ0v) is 17.7. The van der Waals surface area contributed by atoms with Crippen molar-refractivity contribution in [3.05, 3.63) is 90.0 Å². The molecular weight excluding hydrogens is 412 g/mol. The van der Waals surface area contributed by atoms with E-state index >= 15 is 0 Å². The minimum atomic E-state index is -3.66. The van der Waals surface area contributed by atoms with E-state index in [1.807, 2.05) is 18.2 Å². The molecule has 0 spiro atoms. The van der Waals surface area contributed by atoms with E-state index in [4.69, 9.17) is 5.73 Å². The molecule has 0 aliphatic carbocycles. The van der Waals surface area contributed by atoms with Crippen LogP contribution in [0.15, 0.2) is 88.9 Å². The van der Waals surface area contributed by atoms with Gasteiger partial charge in [-0.1, -0.05) is 42.5 Å². The highest BCUT2D eigenvalue weighted by atomic mass is 32.2. The predicted octanol–water partition coefficient (Wildman–Crippen LogP) is 3.77. The van der Waals surface area contributed by atoms with E-state index < -0.39 is 10.0 Å². The largest absolute Gasteiger partial charge is 0.399 e. The lowest BCUT2D eigenvalue weighted by Crippen LogP contribution is -2.24. The van der Waals surface area contributed by atoms with E-state index in [-0.39, 0.29) is 16.8 Å². The molecule has 3 aromatic carbocycles. The quantitative estimate of drug-likeness (QED) is 0.597. The van der Waals surface area contributed by atoms with Crippen LogP contribution in [0.3, 0.4) is 0 Å². The van der Waals surface area contributed by atoms with E-state index in [1.165, 1.54) is 24.1 Å². The summed E-state index contributed by atoms with van der Waals surface area (Å²) in [6.07, 6.45) is 0.540. The van der Waals surface area contributed by atoms with Crippen molar-refractivity contribution in [2.75, 3.05) is 10.5 Å². The fourth-order valence-corrected chi connectivity index (χ4v) is 4.63. The maximum Gasteiger partial charge on any atom is 0.261 e. The molecule has 1 aliphatic heterocycles. The molecule has 3 N–H and O–H groups in total. The number of anilines is 2. The maximum atomic E-state index is 12.5. The number of benzene rings is 3. The summed E-state index contributed by atoms with van der Waals surface area (Å²) in [6, 6.07) is 22.3. The van der Waals surface area contributed by atoms with Crippen molar-refractivity contribution >= 4 is 33.0 Å². The lowest BCUT2D eigenvalue weighted by molar-refractivity contribution is -0.130. The highest BCUT2D eigenvalue weighted by molar-refractivity contribution is 7.92. The fraction of sp³-hybridized carbons (Fsp3) is 0.130. The summed E-state index contributed by atoms with van der Waals surface area (Å²) in [5.41, 5.74) is 9.47. The minimum absolute atomic E-state index is 0.158. The van der Waals surface area contributed by atoms with Crippen molar-refractivity contribution < 1.29 is 13.2 Å². The molecule has 1 amide bonds. The molecule has 0 saturated heterocycles. The Labute approximate surface area is 181 Å². The summed E-state index contributed by atoms with van der Waals surface area (Å²) in [4.78, 5) is 12.3. The number of sulfonamides is 1. The molecule has 0 radical (unpaired) electrons. The SMILES string of the molecule is CC(=O)N1N=C(c2ccc(NS(=O)(=O)c3ccccc3)cc2)CC1c1cccc(N)c1. The predicted molar refractivity (Wildman–Crippen MR) is 121 cm³/mol. The highest BCUT2D eigenvalue weighted by Gasteiger charge is 2.31. The third-order valence-corrected chi connectivity index (χ3v) is 6.45. The van der Waals surface area contributed by atoms with Crippen molar-refractivity contribution in [3.63, 3.8) is 0 Å². The van der Waals surface area contributed by atoms with Gasteiger partial charge in [-0.3, -0.25) is 9.52 Å². The van der Waals surface area contributed by atoms with Gasteiger partial charge < -0.3 is 5.73 Å². The van der Waals surface area contributed by atoms with Gasteiger partial charge in [0.2, 0.25) is 5.91 Å².